The van der Waals surface area contributed by atoms with Crippen molar-refractivity contribution in [1.29, 1.82) is 0 Å². The fraction of sp³-hybridized carbons (Fsp3) is 0.467. The number of alkyl halides is 3. The number of likely N-dealkylation sites (tertiary alicyclic amines) is 1. The molecular formula is C30H35F3N4O2. The standard InChI is InChI=1S/C30H35F3N4O2/c1-28(2,25-13-21(6-8-27(25)38)23-15-34-19-35-16-23)18-29(39,30(31,32)33)14-24-12-22-11-20(5-7-26(22)36-24)17-37-9-3-4-10-37/h5-8,11,13,15-16,19,24,36,38-39H,3-4,9-10,12,14,17-18H2,1-2H3. The lowest BCUT2D eigenvalue weighted by Crippen LogP contribution is -2.51. The van der Waals surface area contributed by atoms with E-state index in [1.54, 1.807) is 38.4 Å². The molecule has 2 aromatic carbocycles. The van der Waals surface area contributed by atoms with Gasteiger partial charge in [-0.05, 0) is 79.1 Å². The first-order valence-corrected chi connectivity index (χ1v) is 13.4. The molecular weight excluding hydrogens is 505 g/mol. The van der Waals surface area contributed by atoms with Gasteiger partial charge in [0.1, 0.15) is 12.1 Å². The quantitative estimate of drug-likeness (QED) is 0.334. The van der Waals surface area contributed by atoms with E-state index in [1.807, 2.05) is 12.1 Å². The Morgan fingerprint density at radius 3 is 2.41 bits per heavy atom. The second-order valence-corrected chi connectivity index (χ2v) is 11.7. The Balaban J connectivity index is 1.35. The van der Waals surface area contributed by atoms with Crippen LogP contribution in [0.15, 0.2) is 55.1 Å². The van der Waals surface area contributed by atoms with Crippen molar-refractivity contribution in [1.82, 2.24) is 14.9 Å². The number of halogens is 3. The summed E-state index contributed by atoms with van der Waals surface area (Å²) in [5.41, 5.74) is 0.467. The third-order valence-corrected chi connectivity index (χ3v) is 8.07. The van der Waals surface area contributed by atoms with E-state index in [0.29, 0.717) is 23.1 Å². The van der Waals surface area contributed by atoms with Gasteiger partial charge in [0.2, 0.25) is 0 Å². The number of nitrogens with one attached hydrogen (secondary N) is 1. The molecule has 208 valence electrons. The molecule has 0 saturated carbocycles. The minimum Gasteiger partial charge on any atom is -0.508 e. The van der Waals surface area contributed by atoms with Crippen LogP contribution in [0.1, 0.15) is 56.2 Å². The Morgan fingerprint density at radius 1 is 1.00 bits per heavy atom. The number of aliphatic hydroxyl groups is 1. The van der Waals surface area contributed by atoms with E-state index in [9.17, 15) is 23.4 Å². The Labute approximate surface area is 226 Å². The highest BCUT2D eigenvalue weighted by atomic mass is 19.4. The number of benzene rings is 2. The third-order valence-electron chi connectivity index (χ3n) is 8.07. The van der Waals surface area contributed by atoms with Crippen molar-refractivity contribution in [3.05, 3.63) is 71.8 Å². The van der Waals surface area contributed by atoms with Gasteiger partial charge >= 0.3 is 6.18 Å². The Hall–Kier alpha value is -3.17. The molecule has 2 aliphatic heterocycles. The van der Waals surface area contributed by atoms with Crippen molar-refractivity contribution >= 4 is 5.69 Å². The zero-order valence-corrected chi connectivity index (χ0v) is 22.3. The second-order valence-electron chi connectivity index (χ2n) is 11.7. The molecule has 0 spiro atoms. The maximum atomic E-state index is 14.5. The lowest BCUT2D eigenvalue weighted by molar-refractivity contribution is -0.270. The van der Waals surface area contributed by atoms with E-state index >= 15 is 0 Å². The SMILES string of the molecule is CC(C)(CC(O)(CC1Cc2cc(CN3CCCC3)ccc2N1)C(F)(F)F)c1cc(-c2cncnc2)ccc1O. The molecule has 3 aromatic rings. The normalized spacial score (nSPS) is 19.5. The van der Waals surface area contributed by atoms with Crippen molar-refractivity contribution in [3.63, 3.8) is 0 Å². The average molecular weight is 541 g/mol. The van der Waals surface area contributed by atoms with Crippen LogP contribution in [0.5, 0.6) is 5.75 Å². The number of aromatic nitrogens is 2. The van der Waals surface area contributed by atoms with Gasteiger partial charge < -0.3 is 15.5 Å². The van der Waals surface area contributed by atoms with Crippen LogP contribution in [0.2, 0.25) is 0 Å². The van der Waals surface area contributed by atoms with Gasteiger partial charge in [0.05, 0.1) is 0 Å². The van der Waals surface area contributed by atoms with Crippen LogP contribution in [-0.2, 0) is 18.4 Å². The van der Waals surface area contributed by atoms with Crippen LogP contribution in [0.25, 0.3) is 11.1 Å². The summed E-state index contributed by atoms with van der Waals surface area (Å²) in [6.45, 7) is 6.22. The number of phenols is 1. The molecule has 0 aliphatic carbocycles. The van der Waals surface area contributed by atoms with Gasteiger partial charge in [0, 0.05) is 48.2 Å². The average Bonchev–Trinajstić information content (AvgIpc) is 3.52. The van der Waals surface area contributed by atoms with Crippen LogP contribution in [0.4, 0.5) is 18.9 Å². The lowest BCUT2D eigenvalue weighted by atomic mass is 9.72. The van der Waals surface area contributed by atoms with Crippen LogP contribution < -0.4 is 5.32 Å². The smallest absolute Gasteiger partial charge is 0.417 e. The fourth-order valence-electron chi connectivity index (χ4n) is 6.14. The van der Waals surface area contributed by atoms with Gasteiger partial charge in [-0.3, -0.25) is 4.90 Å². The van der Waals surface area contributed by atoms with Gasteiger partial charge in [0.25, 0.3) is 0 Å². The number of hydrogen-bond donors (Lipinski definition) is 3. The van der Waals surface area contributed by atoms with Crippen LogP contribution in [0.3, 0.4) is 0 Å². The maximum absolute atomic E-state index is 14.5. The van der Waals surface area contributed by atoms with Crippen LogP contribution in [-0.4, -0.2) is 56.0 Å². The first-order valence-electron chi connectivity index (χ1n) is 13.4. The third kappa shape index (κ3) is 5.89. The minimum atomic E-state index is -4.86. The van der Waals surface area contributed by atoms with Gasteiger partial charge in [-0.25, -0.2) is 9.97 Å². The molecule has 9 heteroatoms. The summed E-state index contributed by atoms with van der Waals surface area (Å²) in [7, 11) is 0. The van der Waals surface area contributed by atoms with E-state index in [-0.39, 0.29) is 5.75 Å². The van der Waals surface area contributed by atoms with E-state index in [4.69, 9.17) is 0 Å². The highest BCUT2D eigenvalue weighted by Gasteiger charge is 2.57. The minimum absolute atomic E-state index is 0.123. The van der Waals surface area contributed by atoms with Crippen molar-refractivity contribution in [3.8, 4) is 16.9 Å². The summed E-state index contributed by atoms with van der Waals surface area (Å²) in [6, 6.07) is 10.3. The van der Waals surface area contributed by atoms with Crippen molar-refractivity contribution in [2.75, 3.05) is 18.4 Å². The molecule has 0 bridgehead atoms. The number of aromatic hydroxyl groups is 1. The summed E-state index contributed by atoms with van der Waals surface area (Å²) in [6.07, 6.45) is 1.43. The van der Waals surface area contributed by atoms with Gasteiger partial charge in [-0.1, -0.05) is 32.0 Å². The largest absolute Gasteiger partial charge is 0.508 e. The monoisotopic (exact) mass is 540 g/mol. The molecule has 0 radical (unpaired) electrons. The van der Waals surface area contributed by atoms with Crippen molar-refractivity contribution < 1.29 is 23.4 Å². The first-order chi connectivity index (χ1) is 18.4. The molecule has 0 amide bonds. The molecule has 1 saturated heterocycles. The first kappa shape index (κ1) is 27.4. The molecule has 2 atom stereocenters. The molecule has 1 fully saturated rings. The molecule has 1 aromatic heterocycles. The number of nitrogens with zero attached hydrogens (tertiary/aromatic N) is 3. The predicted molar refractivity (Wildman–Crippen MR) is 144 cm³/mol. The molecule has 3 N–H and O–H groups in total. The molecule has 5 rings (SSSR count). The van der Waals surface area contributed by atoms with E-state index in [1.165, 1.54) is 25.2 Å². The maximum Gasteiger partial charge on any atom is 0.417 e. The van der Waals surface area contributed by atoms with Gasteiger partial charge in [-0.15, -0.1) is 0 Å². The van der Waals surface area contributed by atoms with Crippen molar-refractivity contribution in [2.45, 2.75) is 75.7 Å². The number of rotatable bonds is 8. The van der Waals surface area contributed by atoms with Gasteiger partial charge in [0.15, 0.2) is 5.60 Å². The van der Waals surface area contributed by atoms with E-state index in [0.717, 1.165) is 36.4 Å². The fourth-order valence-corrected chi connectivity index (χ4v) is 6.14. The summed E-state index contributed by atoms with van der Waals surface area (Å²) >= 11 is 0. The Morgan fingerprint density at radius 2 is 1.72 bits per heavy atom. The topological polar surface area (TPSA) is 81.5 Å². The Bertz CT molecular complexity index is 1310. The zero-order valence-electron chi connectivity index (χ0n) is 22.3. The molecule has 2 unspecified atom stereocenters. The van der Waals surface area contributed by atoms with E-state index < -0.39 is 36.1 Å². The molecule has 3 heterocycles. The second kappa shape index (κ2) is 10.4. The summed E-state index contributed by atoms with van der Waals surface area (Å²) in [5.74, 6) is -0.123. The van der Waals surface area contributed by atoms with Gasteiger partial charge in [-0.2, -0.15) is 13.2 Å². The van der Waals surface area contributed by atoms with E-state index in [2.05, 4.69) is 26.3 Å². The molecule has 39 heavy (non-hydrogen) atoms. The summed E-state index contributed by atoms with van der Waals surface area (Å²) in [4.78, 5) is 10.4. The summed E-state index contributed by atoms with van der Waals surface area (Å²) < 4.78 is 43.5. The zero-order chi connectivity index (χ0) is 27.8. The van der Waals surface area contributed by atoms with Crippen molar-refractivity contribution in [2.24, 2.45) is 0 Å². The predicted octanol–water partition coefficient (Wildman–Crippen LogP) is 5.83. The molecule has 6 nitrogen and oxygen atoms in total. The number of phenolic OH excluding ortho intramolecular Hbond substituents is 1. The lowest BCUT2D eigenvalue weighted by Gasteiger charge is -2.39. The number of fused-ring (bicyclic) bond motifs is 1. The number of anilines is 1. The van der Waals surface area contributed by atoms with Crippen LogP contribution >= 0.6 is 0 Å². The van der Waals surface area contributed by atoms with Crippen LogP contribution in [0, 0.1) is 0 Å². The summed E-state index contributed by atoms with van der Waals surface area (Å²) in [5, 5.41) is 25.1. The Kier molecular flexibility index (Phi) is 7.33. The number of hydrogen-bond acceptors (Lipinski definition) is 6. The highest BCUT2D eigenvalue weighted by Crippen LogP contribution is 2.47. The molecule has 2 aliphatic rings. The highest BCUT2D eigenvalue weighted by molar-refractivity contribution is 5.65.